The molecule has 0 aliphatic heterocycles. The van der Waals surface area contributed by atoms with E-state index < -0.39 is 17.7 Å². The summed E-state index contributed by atoms with van der Waals surface area (Å²) in [6, 6.07) is 9.91. The summed E-state index contributed by atoms with van der Waals surface area (Å²) in [6.45, 7) is -0.136. The molecule has 1 aliphatic rings. The highest BCUT2D eigenvalue weighted by atomic mass is 35.5. The Labute approximate surface area is 200 Å². The van der Waals surface area contributed by atoms with Crippen molar-refractivity contribution < 1.29 is 26.8 Å². The molecule has 4 aromatic rings. The van der Waals surface area contributed by atoms with Gasteiger partial charge < -0.3 is 9.26 Å². The number of nitrogens with zero attached hydrogens (tertiary/aromatic N) is 3. The lowest BCUT2D eigenvalue weighted by Crippen LogP contribution is -2.14. The molecular weight excluding hydrogens is 497 g/mol. The van der Waals surface area contributed by atoms with Gasteiger partial charge >= 0.3 is 6.18 Å². The first-order chi connectivity index (χ1) is 16.2. The Morgan fingerprint density at radius 3 is 2.56 bits per heavy atom. The first kappa shape index (κ1) is 22.9. The molecule has 0 amide bonds. The Hall–Kier alpha value is -2.88. The lowest BCUT2D eigenvalue weighted by molar-refractivity contribution is -0.142. The van der Waals surface area contributed by atoms with E-state index in [9.17, 15) is 17.6 Å². The molecule has 0 spiro atoms. The molecule has 34 heavy (non-hydrogen) atoms. The zero-order valence-corrected chi connectivity index (χ0v) is 18.8. The number of benzene rings is 2. The monoisotopic (exact) mass is 511 g/mol. The van der Waals surface area contributed by atoms with Crippen molar-refractivity contribution in [3.05, 3.63) is 75.8 Å². The highest BCUT2D eigenvalue weighted by molar-refractivity contribution is 6.33. The second-order valence-electron chi connectivity index (χ2n) is 7.74. The molecule has 2 aromatic carbocycles. The zero-order valence-electron chi connectivity index (χ0n) is 17.2. The fourth-order valence-electron chi connectivity index (χ4n) is 3.60. The summed E-state index contributed by atoms with van der Waals surface area (Å²) >= 11 is 12.2. The standard InChI is InChI=1S/C23H15Cl2F4N3O2/c24-12-3-1-4-13(9-12)32-22(23(27,28)29)15(10-30-32)21-16(11-33-14-7-8-14)20(31-34-21)19-17(25)5-2-6-18(19)26/h1-6,9-10,14H,7-8,11H2. The predicted molar refractivity (Wildman–Crippen MR) is 117 cm³/mol. The minimum Gasteiger partial charge on any atom is -0.373 e. The minimum atomic E-state index is -4.81. The van der Waals surface area contributed by atoms with Gasteiger partial charge in [-0.25, -0.2) is 9.07 Å². The maximum atomic E-state index is 14.7. The number of aromatic nitrogens is 3. The third-order valence-corrected chi connectivity index (χ3v) is 5.86. The Morgan fingerprint density at radius 2 is 1.88 bits per heavy atom. The second-order valence-corrected chi connectivity index (χ2v) is 8.59. The molecule has 5 rings (SSSR count). The molecule has 2 heterocycles. The Balaban J connectivity index is 1.70. The van der Waals surface area contributed by atoms with Crippen LogP contribution in [-0.4, -0.2) is 21.0 Å². The van der Waals surface area contributed by atoms with E-state index >= 15 is 0 Å². The average Bonchev–Trinajstić information content (AvgIpc) is 3.34. The maximum absolute atomic E-state index is 14.7. The van der Waals surface area contributed by atoms with E-state index in [0.29, 0.717) is 0 Å². The highest BCUT2D eigenvalue weighted by Crippen LogP contribution is 2.43. The fourth-order valence-corrected chi connectivity index (χ4v) is 4.04. The molecule has 5 nitrogen and oxygen atoms in total. The van der Waals surface area contributed by atoms with Crippen molar-refractivity contribution in [1.82, 2.24) is 14.9 Å². The second kappa shape index (κ2) is 8.72. The number of alkyl halides is 3. The van der Waals surface area contributed by atoms with Crippen molar-refractivity contribution in [2.45, 2.75) is 31.7 Å². The summed E-state index contributed by atoms with van der Waals surface area (Å²) in [5.74, 6) is -0.915. The predicted octanol–water partition coefficient (Wildman–Crippen LogP) is 7.34. The summed E-state index contributed by atoms with van der Waals surface area (Å²) in [5.41, 5.74) is -1.31. The van der Waals surface area contributed by atoms with Gasteiger partial charge in [-0.15, -0.1) is 0 Å². The highest BCUT2D eigenvalue weighted by Gasteiger charge is 2.41. The quantitative estimate of drug-likeness (QED) is 0.254. The molecule has 0 saturated heterocycles. The van der Waals surface area contributed by atoms with Crippen molar-refractivity contribution in [3.8, 4) is 28.3 Å². The van der Waals surface area contributed by atoms with Crippen LogP contribution in [0.1, 0.15) is 24.1 Å². The molecule has 0 N–H and O–H groups in total. The van der Waals surface area contributed by atoms with Gasteiger partial charge in [-0.3, -0.25) is 0 Å². The molecule has 1 fully saturated rings. The van der Waals surface area contributed by atoms with Crippen LogP contribution in [0.4, 0.5) is 17.6 Å². The Morgan fingerprint density at radius 1 is 1.12 bits per heavy atom. The molecule has 0 unspecified atom stereocenters. The molecule has 0 radical (unpaired) electrons. The van der Waals surface area contributed by atoms with Crippen LogP contribution in [0, 0.1) is 5.82 Å². The van der Waals surface area contributed by atoms with Gasteiger partial charge in [0.1, 0.15) is 11.5 Å². The van der Waals surface area contributed by atoms with E-state index in [-0.39, 0.29) is 56.6 Å². The van der Waals surface area contributed by atoms with Gasteiger partial charge in [0.05, 0.1) is 46.3 Å². The maximum Gasteiger partial charge on any atom is 0.434 e. The molecule has 0 atom stereocenters. The Bertz CT molecular complexity index is 1340. The van der Waals surface area contributed by atoms with Crippen molar-refractivity contribution in [2.24, 2.45) is 0 Å². The van der Waals surface area contributed by atoms with Crippen LogP contribution in [0.15, 0.2) is 53.2 Å². The summed E-state index contributed by atoms with van der Waals surface area (Å²) in [7, 11) is 0. The molecule has 176 valence electrons. The summed E-state index contributed by atoms with van der Waals surface area (Å²) in [4.78, 5) is 0. The van der Waals surface area contributed by atoms with Crippen LogP contribution >= 0.6 is 23.2 Å². The number of halogens is 6. The summed E-state index contributed by atoms with van der Waals surface area (Å²) in [6.07, 6.45) is -2.15. The van der Waals surface area contributed by atoms with Gasteiger partial charge in [-0.1, -0.05) is 40.5 Å². The lowest BCUT2D eigenvalue weighted by Gasteiger charge is -2.13. The first-order valence-corrected chi connectivity index (χ1v) is 11.0. The van der Waals surface area contributed by atoms with Crippen molar-refractivity contribution in [1.29, 1.82) is 0 Å². The van der Waals surface area contributed by atoms with Gasteiger partial charge in [0, 0.05) is 5.02 Å². The van der Waals surface area contributed by atoms with Crippen LogP contribution in [0.5, 0.6) is 0 Å². The van der Waals surface area contributed by atoms with Crippen LogP contribution in [0.2, 0.25) is 10.0 Å². The van der Waals surface area contributed by atoms with Gasteiger partial charge in [-0.05, 0) is 43.2 Å². The van der Waals surface area contributed by atoms with E-state index in [1.54, 1.807) is 0 Å². The molecule has 2 aromatic heterocycles. The van der Waals surface area contributed by atoms with Gasteiger partial charge in [0.15, 0.2) is 11.5 Å². The molecule has 0 bridgehead atoms. The smallest absolute Gasteiger partial charge is 0.373 e. The molecule has 1 aliphatic carbocycles. The molecular formula is C23H15Cl2F4N3O2. The number of rotatable bonds is 6. The van der Waals surface area contributed by atoms with Crippen LogP contribution in [-0.2, 0) is 17.5 Å². The SMILES string of the molecule is Fc1cccc(Cl)c1-c1noc(-c2cnn(-c3cccc(Cl)c3)c2C(F)(F)F)c1COC1CC1. The van der Waals surface area contributed by atoms with E-state index in [1.807, 2.05) is 0 Å². The third-order valence-electron chi connectivity index (χ3n) is 5.31. The fraction of sp³-hybridized carbons (Fsp3) is 0.217. The Kier molecular flexibility index (Phi) is 5.87. The van der Waals surface area contributed by atoms with Crippen LogP contribution < -0.4 is 0 Å². The summed E-state index contributed by atoms with van der Waals surface area (Å²) in [5, 5.41) is 8.13. The third kappa shape index (κ3) is 4.31. The van der Waals surface area contributed by atoms with Gasteiger partial charge in [-0.2, -0.15) is 18.3 Å². The van der Waals surface area contributed by atoms with Gasteiger partial charge in [0.2, 0.25) is 0 Å². The minimum absolute atomic E-state index is 0.0250. The average molecular weight is 512 g/mol. The molecule has 1 saturated carbocycles. The topological polar surface area (TPSA) is 53.1 Å². The first-order valence-electron chi connectivity index (χ1n) is 10.2. The molecule has 11 heteroatoms. The largest absolute Gasteiger partial charge is 0.434 e. The normalized spacial score (nSPS) is 14.1. The number of hydrogen-bond acceptors (Lipinski definition) is 4. The number of hydrogen-bond donors (Lipinski definition) is 0. The lowest BCUT2D eigenvalue weighted by atomic mass is 10.0. The van der Waals surface area contributed by atoms with Crippen molar-refractivity contribution in [3.63, 3.8) is 0 Å². The van der Waals surface area contributed by atoms with E-state index in [4.69, 9.17) is 32.5 Å². The van der Waals surface area contributed by atoms with Crippen LogP contribution in [0.3, 0.4) is 0 Å². The number of ether oxygens (including phenoxy) is 1. The summed E-state index contributed by atoms with van der Waals surface area (Å²) < 4.78 is 69.3. The van der Waals surface area contributed by atoms with Crippen LogP contribution in [0.25, 0.3) is 28.3 Å². The zero-order chi connectivity index (χ0) is 24.0. The van der Waals surface area contributed by atoms with E-state index in [1.165, 1.54) is 42.5 Å². The van der Waals surface area contributed by atoms with E-state index in [0.717, 1.165) is 23.7 Å². The van der Waals surface area contributed by atoms with E-state index in [2.05, 4.69) is 10.3 Å². The van der Waals surface area contributed by atoms with Crippen molar-refractivity contribution >= 4 is 23.2 Å². The van der Waals surface area contributed by atoms with Gasteiger partial charge in [0.25, 0.3) is 0 Å². The van der Waals surface area contributed by atoms with Crippen molar-refractivity contribution in [2.75, 3.05) is 0 Å².